The highest BCUT2D eigenvalue weighted by atomic mass is 32.1. The van der Waals surface area contributed by atoms with Crippen LogP contribution in [0.15, 0.2) is 6.33 Å². The molecule has 1 heterocycles. The van der Waals surface area contributed by atoms with Crippen LogP contribution in [0.25, 0.3) is 0 Å². The van der Waals surface area contributed by atoms with Crippen LogP contribution in [-0.4, -0.2) is 26.0 Å². The van der Waals surface area contributed by atoms with Crippen molar-refractivity contribution in [1.82, 2.24) is 9.36 Å². The van der Waals surface area contributed by atoms with E-state index >= 15 is 0 Å². The summed E-state index contributed by atoms with van der Waals surface area (Å²) in [4.78, 5) is 15.0. The van der Waals surface area contributed by atoms with Crippen LogP contribution < -0.4 is 5.32 Å². The normalized spacial score (nSPS) is 19.2. The summed E-state index contributed by atoms with van der Waals surface area (Å²) in [6.07, 6.45) is 6.81. The lowest BCUT2D eigenvalue weighted by atomic mass is 9.79. The Balaban J connectivity index is 2.09. The van der Waals surface area contributed by atoms with Gasteiger partial charge < -0.3 is 10.4 Å². The smallest absolute Gasteiger partial charge is 0.305 e. The molecule has 2 N–H and O–H groups in total. The van der Waals surface area contributed by atoms with Crippen LogP contribution in [0.3, 0.4) is 0 Å². The lowest BCUT2D eigenvalue weighted by Crippen LogP contribution is -2.42. The number of aromatic nitrogens is 2. The summed E-state index contributed by atoms with van der Waals surface area (Å²) in [5.41, 5.74) is -0.316. The van der Waals surface area contributed by atoms with Gasteiger partial charge in [-0.15, -0.1) is 0 Å². The van der Waals surface area contributed by atoms with E-state index in [4.69, 9.17) is 5.11 Å². The lowest BCUT2D eigenvalue weighted by Gasteiger charge is -2.36. The number of hydrogen-bond donors (Lipinski definition) is 2. The molecule has 6 heteroatoms. The average Bonchev–Trinajstić information content (AvgIpc) is 2.70. The molecule has 0 atom stereocenters. The second kappa shape index (κ2) is 4.78. The van der Waals surface area contributed by atoms with E-state index in [1.807, 2.05) is 0 Å². The van der Waals surface area contributed by atoms with Crippen LogP contribution >= 0.6 is 11.5 Å². The lowest BCUT2D eigenvalue weighted by molar-refractivity contribution is -0.138. The number of nitrogens with zero attached hydrogens (tertiary/aromatic N) is 2. The zero-order valence-electron chi connectivity index (χ0n) is 8.98. The van der Waals surface area contributed by atoms with Crippen molar-refractivity contribution >= 4 is 22.6 Å². The van der Waals surface area contributed by atoms with Crippen molar-refractivity contribution in [2.75, 3.05) is 5.32 Å². The van der Waals surface area contributed by atoms with Crippen molar-refractivity contribution in [3.05, 3.63) is 6.33 Å². The summed E-state index contributed by atoms with van der Waals surface area (Å²) in [5.74, 6) is -0.751. The third kappa shape index (κ3) is 2.69. The first-order valence-corrected chi connectivity index (χ1v) is 6.24. The summed E-state index contributed by atoms with van der Waals surface area (Å²) >= 11 is 1.28. The number of aliphatic carboxylic acids is 1. The van der Waals surface area contributed by atoms with Crippen LogP contribution in [-0.2, 0) is 4.79 Å². The van der Waals surface area contributed by atoms with Gasteiger partial charge in [0.1, 0.15) is 6.33 Å². The Labute approximate surface area is 98.1 Å². The van der Waals surface area contributed by atoms with E-state index in [9.17, 15) is 4.79 Å². The first-order valence-electron chi connectivity index (χ1n) is 5.47. The van der Waals surface area contributed by atoms with E-state index in [1.165, 1.54) is 24.3 Å². The number of carboxylic acids is 1. The molecule has 0 amide bonds. The Kier molecular flexibility index (Phi) is 3.38. The van der Waals surface area contributed by atoms with Crippen LogP contribution in [0.1, 0.15) is 38.5 Å². The molecule has 1 saturated carbocycles. The quantitative estimate of drug-likeness (QED) is 0.844. The monoisotopic (exact) mass is 241 g/mol. The van der Waals surface area contributed by atoms with Gasteiger partial charge in [0.15, 0.2) is 0 Å². The van der Waals surface area contributed by atoms with E-state index in [0.29, 0.717) is 0 Å². The predicted molar refractivity (Wildman–Crippen MR) is 61.6 cm³/mol. The van der Waals surface area contributed by atoms with E-state index < -0.39 is 5.97 Å². The Morgan fingerprint density at radius 2 is 2.25 bits per heavy atom. The number of anilines is 1. The largest absolute Gasteiger partial charge is 0.481 e. The minimum atomic E-state index is -0.751. The first kappa shape index (κ1) is 11.3. The van der Waals surface area contributed by atoms with Crippen molar-refractivity contribution in [3.63, 3.8) is 0 Å². The molecular weight excluding hydrogens is 226 g/mol. The second-order valence-corrected chi connectivity index (χ2v) is 5.06. The first-order chi connectivity index (χ1) is 7.70. The van der Waals surface area contributed by atoms with Crippen molar-refractivity contribution in [2.24, 2.45) is 0 Å². The molecule has 0 unspecified atom stereocenters. The number of nitrogens with one attached hydrogen (secondary N) is 1. The molecule has 1 aliphatic carbocycles. The van der Waals surface area contributed by atoms with E-state index in [1.54, 1.807) is 0 Å². The van der Waals surface area contributed by atoms with Gasteiger partial charge in [0.05, 0.1) is 12.0 Å². The Morgan fingerprint density at radius 3 is 2.81 bits per heavy atom. The summed E-state index contributed by atoms with van der Waals surface area (Å²) in [7, 11) is 0. The predicted octanol–water partition coefficient (Wildman–Crippen LogP) is 2.13. The molecule has 0 aromatic carbocycles. The van der Waals surface area contributed by atoms with Crippen molar-refractivity contribution < 1.29 is 9.90 Å². The molecule has 1 aromatic rings. The number of carboxylic acid groups (broad SMARTS) is 1. The fraction of sp³-hybridized carbons (Fsp3) is 0.700. The van der Waals surface area contributed by atoms with Gasteiger partial charge in [-0.3, -0.25) is 4.79 Å². The third-order valence-corrected chi connectivity index (χ3v) is 3.61. The minimum absolute atomic E-state index is 0.159. The van der Waals surface area contributed by atoms with Crippen molar-refractivity contribution in [1.29, 1.82) is 0 Å². The van der Waals surface area contributed by atoms with Crippen LogP contribution in [0.5, 0.6) is 0 Å². The standard InChI is InChI=1S/C10H15N3O2S/c14-8(15)6-10(4-2-1-3-5-10)13-9-11-7-12-16-9/h7H,1-6H2,(H,14,15)(H,11,12,13). The van der Waals surface area contributed by atoms with Gasteiger partial charge >= 0.3 is 5.97 Å². The van der Waals surface area contributed by atoms with Gasteiger partial charge in [0.2, 0.25) is 5.13 Å². The molecule has 5 nitrogen and oxygen atoms in total. The van der Waals surface area contributed by atoms with E-state index in [2.05, 4.69) is 14.7 Å². The maximum atomic E-state index is 10.9. The molecule has 0 bridgehead atoms. The second-order valence-electron chi connectivity index (χ2n) is 4.28. The van der Waals surface area contributed by atoms with Gasteiger partial charge in [-0.25, -0.2) is 4.98 Å². The highest BCUT2D eigenvalue weighted by Gasteiger charge is 2.34. The third-order valence-electron chi connectivity index (χ3n) is 3.03. The molecule has 2 rings (SSSR count). The molecule has 1 aliphatic rings. The van der Waals surface area contributed by atoms with Crippen LogP contribution in [0, 0.1) is 0 Å². The summed E-state index contributed by atoms with van der Waals surface area (Å²) in [5, 5.41) is 13.0. The van der Waals surface area contributed by atoms with Gasteiger partial charge in [-0.05, 0) is 12.8 Å². The zero-order chi connectivity index (χ0) is 11.4. The minimum Gasteiger partial charge on any atom is -0.481 e. The summed E-state index contributed by atoms with van der Waals surface area (Å²) in [6, 6.07) is 0. The molecule has 1 fully saturated rings. The SMILES string of the molecule is O=C(O)CC1(Nc2ncns2)CCCCC1. The molecular formula is C10H15N3O2S. The number of carbonyl (C=O) groups is 1. The van der Waals surface area contributed by atoms with Crippen molar-refractivity contribution in [3.8, 4) is 0 Å². The summed E-state index contributed by atoms with van der Waals surface area (Å²) < 4.78 is 3.92. The molecule has 0 spiro atoms. The van der Waals surface area contributed by atoms with Gasteiger partial charge in [-0.1, -0.05) is 19.3 Å². The Morgan fingerprint density at radius 1 is 1.50 bits per heavy atom. The van der Waals surface area contributed by atoms with Crippen LogP contribution in [0.4, 0.5) is 5.13 Å². The van der Waals surface area contributed by atoms with Crippen LogP contribution in [0.2, 0.25) is 0 Å². The number of hydrogen-bond acceptors (Lipinski definition) is 5. The number of rotatable bonds is 4. The maximum absolute atomic E-state index is 10.9. The molecule has 88 valence electrons. The maximum Gasteiger partial charge on any atom is 0.305 e. The highest BCUT2D eigenvalue weighted by molar-refractivity contribution is 7.09. The van der Waals surface area contributed by atoms with E-state index in [0.717, 1.165) is 30.8 Å². The summed E-state index contributed by atoms with van der Waals surface area (Å²) in [6.45, 7) is 0. The molecule has 0 radical (unpaired) electrons. The molecule has 0 aliphatic heterocycles. The van der Waals surface area contributed by atoms with Gasteiger partial charge in [0.25, 0.3) is 0 Å². The highest BCUT2D eigenvalue weighted by Crippen LogP contribution is 2.34. The van der Waals surface area contributed by atoms with Gasteiger partial charge in [0, 0.05) is 11.5 Å². The fourth-order valence-electron chi connectivity index (χ4n) is 2.32. The fourth-order valence-corrected chi connectivity index (χ4v) is 2.87. The van der Waals surface area contributed by atoms with E-state index in [-0.39, 0.29) is 12.0 Å². The topological polar surface area (TPSA) is 75.1 Å². The molecule has 16 heavy (non-hydrogen) atoms. The molecule has 1 aromatic heterocycles. The Hall–Kier alpha value is -1.17. The van der Waals surface area contributed by atoms with Gasteiger partial charge in [-0.2, -0.15) is 4.37 Å². The molecule has 0 saturated heterocycles. The van der Waals surface area contributed by atoms with Crippen molar-refractivity contribution in [2.45, 2.75) is 44.1 Å². The zero-order valence-corrected chi connectivity index (χ0v) is 9.79. The average molecular weight is 241 g/mol. The Bertz CT molecular complexity index is 347.